The maximum Gasteiger partial charge on any atom is 0.530 e. The molecule has 1 fully saturated rings. The van der Waals surface area contributed by atoms with Crippen LogP contribution in [0.15, 0.2) is 46.1 Å². The van der Waals surface area contributed by atoms with Crippen molar-refractivity contribution in [1.82, 2.24) is 9.55 Å². The molecule has 32 heavy (non-hydrogen) atoms. The van der Waals surface area contributed by atoms with Crippen LogP contribution in [0.4, 0.5) is 17.6 Å². The van der Waals surface area contributed by atoms with Crippen molar-refractivity contribution in [1.29, 1.82) is 0 Å². The van der Waals surface area contributed by atoms with Crippen molar-refractivity contribution in [2.75, 3.05) is 6.61 Å². The van der Waals surface area contributed by atoms with Crippen molar-refractivity contribution < 1.29 is 45.5 Å². The van der Waals surface area contributed by atoms with Crippen LogP contribution in [0.2, 0.25) is 0 Å². The van der Waals surface area contributed by atoms with Gasteiger partial charge in [0.1, 0.15) is 5.75 Å². The number of aromatic amines is 1. The molecule has 2 aromatic rings. The van der Waals surface area contributed by atoms with Crippen LogP contribution < -0.4 is 15.8 Å². The standard InChI is InChI=1S/C17H15F4N2O8P/c18-13(19)16(8-29-32(27)28-7-9-3-1-2-4-10(9)31-32)12(25)17(20,21)14(30-16)23-6-5-11(24)22-15(23)26/h1-6,12-14,25H,7-8H2,(H,22,24,26). The number of para-hydroxylation sites is 1. The summed E-state index contributed by atoms with van der Waals surface area (Å²) < 4.78 is 89.9. The number of aliphatic hydroxyl groups excluding tert-OH is 1. The molecule has 0 amide bonds. The van der Waals surface area contributed by atoms with E-state index in [2.05, 4.69) is 0 Å². The van der Waals surface area contributed by atoms with Gasteiger partial charge in [-0.05, 0) is 6.07 Å². The minimum atomic E-state index is -4.54. The third-order valence-electron chi connectivity index (χ3n) is 4.97. The third kappa shape index (κ3) is 3.67. The largest absolute Gasteiger partial charge is 0.530 e. The summed E-state index contributed by atoms with van der Waals surface area (Å²) in [5, 5.41) is 10.1. The van der Waals surface area contributed by atoms with Crippen LogP contribution in [-0.4, -0.2) is 45.3 Å². The fraction of sp³-hybridized carbons (Fsp3) is 0.412. The van der Waals surface area contributed by atoms with E-state index >= 15 is 0 Å². The number of aliphatic hydroxyl groups is 1. The minimum Gasteiger partial charge on any atom is -0.404 e. The number of fused-ring (bicyclic) bond motifs is 1. The van der Waals surface area contributed by atoms with Crippen molar-refractivity contribution in [3.05, 3.63) is 62.9 Å². The van der Waals surface area contributed by atoms with Gasteiger partial charge < -0.3 is 14.4 Å². The van der Waals surface area contributed by atoms with Gasteiger partial charge in [-0.25, -0.2) is 18.1 Å². The second-order valence-electron chi connectivity index (χ2n) is 7.01. The van der Waals surface area contributed by atoms with Gasteiger partial charge in [0, 0.05) is 17.8 Å². The molecule has 3 heterocycles. The van der Waals surface area contributed by atoms with Gasteiger partial charge >= 0.3 is 19.4 Å². The average molecular weight is 482 g/mol. The Morgan fingerprint density at radius 3 is 2.69 bits per heavy atom. The van der Waals surface area contributed by atoms with E-state index in [1.54, 1.807) is 17.1 Å². The molecule has 0 saturated carbocycles. The molecule has 0 aliphatic carbocycles. The Bertz CT molecular complexity index is 1190. The van der Waals surface area contributed by atoms with Crippen LogP contribution in [0.1, 0.15) is 11.8 Å². The molecule has 10 nitrogen and oxygen atoms in total. The Morgan fingerprint density at radius 2 is 2.00 bits per heavy atom. The molecule has 4 atom stereocenters. The van der Waals surface area contributed by atoms with E-state index in [9.17, 15) is 36.8 Å². The van der Waals surface area contributed by atoms with E-state index < -0.39 is 56.0 Å². The second kappa shape index (κ2) is 7.81. The first kappa shape index (κ1) is 22.7. The van der Waals surface area contributed by atoms with E-state index in [1.807, 2.05) is 0 Å². The van der Waals surface area contributed by atoms with Crippen LogP contribution >= 0.6 is 7.82 Å². The van der Waals surface area contributed by atoms with Crippen LogP contribution in [0, 0.1) is 0 Å². The zero-order chi connectivity index (χ0) is 23.3. The zero-order valence-corrected chi connectivity index (χ0v) is 16.7. The minimum absolute atomic E-state index is 0.0732. The third-order valence-corrected chi connectivity index (χ3v) is 6.28. The molecule has 2 aliphatic heterocycles. The number of hydrogen-bond donors (Lipinski definition) is 2. The van der Waals surface area contributed by atoms with Gasteiger partial charge in [0.25, 0.3) is 12.0 Å². The molecular weight excluding hydrogens is 467 g/mol. The Labute approximate surface area is 175 Å². The van der Waals surface area contributed by atoms with E-state index in [0.717, 1.165) is 0 Å². The van der Waals surface area contributed by atoms with Crippen LogP contribution in [-0.2, 0) is 25.0 Å². The molecule has 0 bridgehead atoms. The summed E-state index contributed by atoms with van der Waals surface area (Å²) in [6.45, 7) is -1.81. The number of nitrogens with one attached hydrogen (secondary N) is 1. The number of phosphoric ester groups is 1. The maximum atomic E-state index is 14.7. The van der Waals surface area contributed by atoms with Gasteiger partial charge in [-0.3, -0.25) is 23.4 Å². The molecule has 174 valence electrons. The summed E-state index contributed by atoms with van der Waals surface area (Å²) >= 11 is 0. The summed E-state index contributed by atoms with van der Waals surface area (Å²) in [4.78, 5) is 24.7. The van der Waals surface area contributed by atoms with Crippen molar-refractivity contribution in [3.8, 4) is 5.75 Å². The highest BCUT2D eigenvalue weighted by Gasteiger charge is 2.71. The summed E-state index contributed by atoms with van der Waals surface area (Å²) in [6, 6.07) is 6.84. The van der Waals surface area contributed by atoms with E-state index in [4.69, 9.17) is 18.3 Å². The van der Waals surface area contributed by atoms with Crippen LogP contribution in [0.3, 0.4) is 0 Å². The highest BCUT2D eigenvalue weighted by atomic mass is 31.2. The number of rotatable bonds is 5. The SMILES string of the molecule is O=c1ccn(C2OC(COP3(=O)OCc4ccccc4O3)(C(F)F)C(O)C2(F)F)c(=O)[nH]1. The van der Waals surface area contributed by atoms with Gasteiger partial charge in [-0.15, -0.1) is 0 Å². The van der Waals surface area contributed by atoms with Crippen molar-refractivity contribution in [2.45, 2.75) is 36.9 Å². The number of aromatic nitrogens is 2. The van der Waals surface area contributed by atoms with Crippen molar-refractivity contribution in [3.63, 3.8) is 0 Å². The van der Waals surface area contributed by atoms with Gasteiger partial charge in [0.15, 0.2) is 11.7 Å². The molecule has 4 unspecified atom stereocenters. The lowest BCUT2D eigenvalue weighted by Gasteiger charge is -2.32. The molecule has 1 aromatic carbocycles. The molecule has 0 spiro atoms. The average Bonchev–Trinajstić information content (AvgIpc) is 2.94. The lowest BCUT2D eigenvalue weighted by atomic mass is 9.96. The summed E-state index contributed by atoms with van der Waals surface area (Å²) in [6.07, 6.45) is -9.10. The Hall–Kier alpha value is -2.51. The van der Waals surface area contributed by atoms with Gasteiger partial charge in [0.2, 0.25) is 6.23 Å². The smallest absolute Gasteiger partial charge is 0.404 e. The Balaban J connectivity index is 1.63. The van der Waals surface area contributed by atoms with Crippen LogP contribution in [0.5, 0.6) is 5.75 Å². The normalized spacial score (nSPS) is 31.3. The number of nitrogens with zero attached hydrogens (tertiary/aromatic N) is 1. The predicted molar refractivity (Wildman–Crippen MR) is 96.6 cm³/mol. The molecule has 1 aromatic heterocycles. The number of benzene rings is 1. The zero-order valence-electron chi connectivity index (χ0n) is 15.8. The number of alkyl halides is 4. The topological polar surface area (TPSA) is 129 Å². The maximum absolute atomic E-state index is 14.7. The van der Waals surface area contributed by atoms with Crippen molar-refractivity contribution >= 4 is 7.82 Å². The molecule has 2 N–H and O–H groups in total. The van der Waals surface area contributed by atoms with Gasteiger partial charge in [0.05, 0.1) is 13.2 Å². The first-order valence-electron chi connectivity index (χ1n) is 8.98. The number of ether oxygens (including phenoxy) is 1. The summed E-state index contributed by atoms with van der Waals surface area (Å²) in [5.41, 5.74) is -5.25. The van der Waals surface area contributed by atoms with E-state index in [-0.39, 0.29) is 16.9 Å². The van der Waals surface area contributed by atoms with E-state index in [1.165, 1.54) is 12.1 Å². The second-order valence-corrected chi connectivity index (χ2v) is 8.61. The molecule has 2 aliphatic rings. The number of halogens is 4. The molecule has 0 radical (unpaired) electrons. The van der Waals surface area contributed by atoms with Gasteiger partial charge in [-0.2, -0.15) is 8.78 Å². The summed E-state index contributed by atoms with van der Waals surface area (Å²) in [5.74, 6) is -4.36. The number of H-pyrrole nitrogens is 1. The van der Waals surface area contributed by atoms with Crippen molar-refractivity contribution in [2.24, 2.45) is 0 Å². The van der Waals surface area contributed by atoms with E-state index in [0.29, 0.717) is 17.8 Å². The lowest BCUT2D eigenvalue weighted by Crippen LogP contribution is -2.54. The number of phosphoric acid groups is 1. The monoisotopic (exact) mass is 482 g/mol. The highest BCUT2D eigenvalue weighted by molar-refractivity contribution is 7.49. The quantitative estimate of drug-likeness (QED) is 0.488. The predicted octanol–water partition coefficient (Wildman–Crippen LogP) is 1.80. The molecular formula is C17H15F4N2O8P. The lowest BCUT2D eigenvalue weighted by molar-refractivity contribution is -0.194. The Kier molecular flexibility index (Phi) is 5.54. The molecule has 1 saturated heterocycles. The molecule has 15 heteroatoms. The first-order chi connectivity index (χ1) is 15.0. The number of hydrogen-bond acceptors (Lipinski definition) is 8. The summed E-state index contributed by atoms with van der Waals surface area (Å²) in [7, 11) is -4.54. The fourth-order valence-corrected chi connectivity index (χ4v) is 4.52. The molecule has 4 rings (SSSR count). The first-order valence-corrected chi connectivity index (χ1v) is 10.4. The Morgan fingerprint density at radius 1 is 1.28 bits per heavy atom. The fourth-order valence-electron chi connectivity index (χ4n) is 3.26. The van der Waals surface area contributed by atoms with Crippen LogP contribution in [0.25, 0.3) is 0 Å². The highest BCUT2D eigenvalue weighted by Crippen LogP contribution is 2.57. The van der Waals surface area contributed by atoms with Gasteiger partial charge in [-0.1, -0.05) is 18.2 Å².